The highest BCUT2D eigenvalue weighted by Crippen LogP contribution is 2.31. The Bertz CT molecular complexity index is 267. The van der Waals surface area contributed by atoms with E-state index in [0.717, 1.165) is 6.67 Å². The molecule has 0 radical (unpaired) electrons. The summed E-state index contributed by atoms with van der Waals surface area (Å²) in [5, 5.41) is 7.54. The molecule has 0 saturated carbocycles. The Morgan fingerprint density at radius 3 is 1.59 bits per heavy atom. The molecular weight excluding hydrogens is 212 g/mol. The van der Waals surface area contributed by atoms with Crippen LogP contribution in [0, 0.1) is 0 Å². The first kappa shape index (κ1) is 11.9. The van der Waals surface area contributed by atoms with Crippen LogP contribution < -0.4 is 10.6 Å². The van der Waals surface area contributed by atoms with Gasteiger partial charge < -0.3 is 0 Å². The summed E-state index contributed by atoms with van der Waals surface area (Å²) < 4.78 is 0. The first-order chi connectivity index (χ1) is 8.06. The SMILES string of the molecule is C[C@@H]1C[C@H](C)N2CN3[C@H](C)C[C@H](C)N[C@@H]3[C@@H]2N1. The van der Waals surface area contributed by atoms with Crippen molar-refractivity contribution in [2.45, 2.75) is 77.0 Å². The zero-order chi connectivity index (χ0) is 12.2. The molecule has 4 nitrogen and oxygen atoms in total. The number of hydrogen-bond acceptors (Lipinski definition) is 4. The summed E-state index contributed by atoms with van der Waals surface area (Å²) in [6, 6.07) is 2.68. The van der Waals surface area contributed by atoms with Gasteiger partial charge in [0.1, 0.15) is 0 Å². The van der Waals surface area contributed by atoms with Crippen LogP contribution >= 0.6 is 0 Å². The van der Waals surface area contributed by atoms with Crippen LogP contribution in [0.4, 0.5) is 0 Å². The zero-order valence-corrected chi connectivity index (χ0v) is 11.5. The van der Waals surface area contributed by atoms with Crippen molar-refractivity contribution in [1.82, 2.24) is 20.4 Å². The number of rotatable bonds is 0. The first-order valence-corrected chi connectivity index (χ1v) is 7.10. The van der Waals surface area contributed by atoms with Gasteiger partial charge in [-0.3, -0.25) is 20.4 Å². The lowest BCUT2D eigenvalue weighted by Crippen LogP contribution is -2.65. The van der Waals surface area contributed by atoms with Crippen LogP contribution in [0.25, 0.3) is 0 Å². The number of fused-ring (bicyclic) bond motifs is 3. The van der Waals surface area contributed by atoms with Gasteiger partial charge in [0.2, 0.25) is 0 Å². The molecule has 0 spiro atoms. The molecule has 4 heteroatoms. The minimum atomic E-state index is 0.499. The normalized spacial score (nSPS) is 52.2. The van der Waals surface area contributed by atoms with E-state index in [-0.39, 0.29) is 0 Å². The highest BCUT2D eigenvalue weighted by Gasteiger charge is 2.48. The highest BCUT2D eigenvalue weighted by molar-refractivity contribution is 5.01. The number of nitrogens with zero attached hydrogens (tertiary/aromatic N) is 2. The molecule has 0 aromatic rings. The molecule has 98 valence electrons. The van der Waals surface area contributed by atoms with Crippen LogP contribution in [0.1, 0.15) is 40.5 Å². The molecule has 17 heavy (non-hydrogen) atoms. The first-order valence-electron chi connectivity index (χ1n) is 7.10. The minimum Gasteiger partial charge on any atom is -0.297 e. The summed E-state index contributed by atoms with van der Waals surface area (Å²) in [7, 11) is 0. The standard InChI is InChI=1S/C13H26N4/c1-8-5-10(3)16-7-17-11(4)6-9(2)15-13(17)12(16)14-8/h8-15H,5-7H2,1-4H3/t8-,9+,10+,11-,12-,13+. The number of nitrogens with one attached hydrogen (secondary N) is 2. The van der Waals surface area contributed by atoms with E-state index in [1.54, 1.807) is 0 Å². The molecule has 2 N–H and O–H groups in total. The van der Waals surface area contributed by atoms with E-state index in [1.807, 2.05) is 0 Å². The lowest BCUT2D eigenvalue weighted by molar-refractivity contribution is 0.0765. The molecule has 0 aliphatic carbocycles. The van der Waals surface area contributed by atoms with Gasteiger partial charge in [-0.2, -0.15) is 0 Å². The fourth-order valence-electron chi connectivity index (χ4n) is 3.94. The second-order valence-electron chi connectivity index (χ2n) is 6.36. The van der Waals surface area contributed by atoms with E-state index < -0.39 is 0 Å². The van der Waals surface area contributed by atoms with Gasteiger partial charge in [-0.1, -0.05) is 0 Å². The smallest absolute Gasteiger partial charge is 0.0909 e. The summed E-state index contributed by atoms with van der Waals surface area (Å²) in [6.45, 7) is 10.5. The largest absolute Gasteiger partial charge is 0.297 e. The van der Waals surface area contributed by atoms with Crippen LogP contribution in [0.2, 0.25) is 0 Å². The quantitative estimate of drug-likeness (QED) is 0.652. The van der Waals surface area contributed by atoms with Crippen molar-refractivity contribution >= 4 is 0 Å². The molecule has 3 rings (SSSR count). The fourth-order valence-corrected chi connectivity index (χ4v) is 3.94. The van der Waals surface area contributed by atoms with Gasteiger partial charge in [0.25, 0.3) is 0 Å². The van der Waals surface area contributed by atoms with E-state index in [2.05, 4.69) is 48.1 Å². The molecule has 0 aromatic heterocycles. The average molecular weight is 238 g/mol. The zero-order valence-electron chi connectivity index (χ0n) is 11.5. The summed E-state index contributed by atoms with van der Waals surface area (Å²) in [5.74, 6) is 0. The second kappa shape index (κ2) is 4.19. The van der Waals surface area contributed by atoms with Crippen molar-refractivity contribution in [2.75, 3.05) is 6.67 Å². The summed E-state index contributed by atoms with van der Waals surface area (Å²) in [4.78, 5) is 5.26. The lowest BCUT2D eigenvalue weighted by atomic mass is 10.0. The van der Waals surface area contributed by atoms with E-state index in [1.165, 1.54) is 12.8 Å². The third-order valence-corrected chi connectivity index (χ3v) is 4.77. The molecule has 6 atom stereocenters. The molecular formula is C13H26N4. The predicted molar refractivity (Wildman–Crippen MR) is 69.5 cm³/mol. The fraction of sp³-hybridized carbons (Fsp3) is 1.00. The maximum Gasteiger partial charge on any atom is 0.0909 e. The van der Waals surface area contributed by atoms with Crippen molar-refractivity contribution < 1.29 is 0 Å². The van der Waals surface area contributed by atoms with Crippen LogP contribution in [-0.4, -0.2) is 53.0 Å². The number of hydrogen-bond donors (Lipinski definition) is 2. The Morgan fingerprint density at radius 2 is 1.18 bits per heavy atom. The maximum absolute atomic E-state index is 3.77. The molecule has 0 unspecified atom stereocenters. The molecule has 0 amide bonds. The second-order valence-corrected chi connectivity index (χ2v) is 6.36. The van der Waals surface area contributed by atoms with Gasteiger partial charge in [-0.05, 0) is 40.5 Å². The van der Waals surface area contributed by atoms with Crippen molar-refractivity contribution in [1.29, 1.82) is 0 Å². The van der Waals surface area contributed by atoms with Crippen LogP contribution in [0.15, 0.2) is 0 Å². The van der Waals surface area contributed by atoms with Gasteiger partial charge >= 0.3 is 0 Å². The minimum absolute atomic E-state index is 0.499. The van der Waals surface area contributed by atoms with Crippen LogP contribution in [0.3, 0.4) is 0 Å². The maximum atomic E-state index is 3.77. The van der Waals surface area contributed by atoms with Crippen molar-refractivity contribution in [3.8, 4) is 0 Å². The molecule has 3 saturated heterocycles. The summed E-state index contributed by atoms with van der Waals surface area (Å²) in [6.07, 6.45) is 3.53. The Labute approximate surface area is 105 Å². The van der Waals surface area contributed by atoms with Crippen molar-refractivity contribution in [3.05, 3.63) is 0 Å². The van der Waals surface area contributed by atoms with Gasteiger partial charge in [-0.15, -0.1) is 0 Å². The molecule has 0 aromatic carbocycles. The topological polar surface area (TPSA) is 30.5 Å². The van der Waals surface area contributed by atoms with Gasteiger partial charge in [0.15, 0.2) is 0 Å². The van der Waals surface area contributed by atoms with Crippen molar-refractivity contribution in [3.63, 3.8) is 0 Å². The van der Waals surface area contributed by atoms with E-state index in [4.69, 9.17) is 0 Å². The molecule has 3 heterocycles. The average Bonchev–Trinajstić information content (AvgIpc) is 2.58. The van der Waals surface area contributed by atoms with Gasteiger partial charge in [-0.25, -0.2) is 0 Å². The Balaban J connectivity index is 1.82. The molecule has 0 bridgehead atoms. The summed E-state index contributed by atoms with van der Waals surface area (Å²) >= 11 is 0. The van der Waals surface area contributed by atoms with Crippen molar-refractivity contribution in [2.24, 2.45) is 0 Å². The van der Waals surface area contributed by atoms with E-state index in [0.29, 0.717) is 36.5 Å². The van der Waals surface area contributed by atoms with Gasteiger partial charge in [0, 0.05) is 24.2 Å². The highest BCUT2D eigenvalue weighted by atomic mass is 15.5. The van der Waals surface area contributed by atoms with E-state index >= 15 is 0 Å². The Hall–Kier alpha value is -0.160. The third kappa shape index (κ3) is 1.91. The van der Waals surface area contributed by atoms with E-state index in [9.17, 15) is 0 Å². The Morgan fingerprint density at radius 1 is 0.765 bits per heavy atom. The predicted octanol–water partition coefficient (Wildman–Crippen LogP) is 0.754. The van der Waals surface area contributed by atoms with Crippen LogP contribution in [0.5, 0.6) is 0 Å². The Kier molecular flexibility index (Phi) is 2.94. The summed E-state index contributed by atoms with van der Waals surface area (Å²) in [5.41, 5.74) is 0. The van der Waals surface area contributed by atoms with Crippen LogP contribution in [-0.2, 0) is 0 Å². The molecule has 3 fully saturated rings. The molecule has 3 aliphatic rings. The third-order valence-electron chi connectivity index (χ3n) is 4.77. The van der Waals surface area contributed by atoms with Gasteiger partial charge in [0.05, 0.1) is 19.0 Å². The lowest BCUT2D eigenvalue weighted by Gasteiger charge is -2.43. The molecule has 3 aliphatic heterocycles. The monoisotopic (exact) mass is 238 g/mol.